The van der Waals surface area contributed by atoms with Crippen LogP contribution in [0.4, 0.5) is 17.1 Å². The molecule has 2 heterocycles. The van der Waals surface area contributed by atoms with Crippen molar-refractivity contribution in [2.24, 2.45) is 0 Å². The first-order chi connectivity index (χ1) is 18.5. The Morgan fingerprint density at radius 1 is 1.00 bits per heavy atom. The number of hydrogen-bond acceptors (Lipinski definition) is 7. The number of benzene rings is 3. The molecule has 2 amide bonds. The van der Waals surface area contributed by atoms with Gasteiger partial charge in [-0.15, -0.1) is 0 Å². The first-order valence-corrected chi connectivity index (χ1v) is 12.5. The van der Waals surface area contributed by atoms with E-state index in [0.29, 0.717) is 50.5 Å². The molecule has 1 N–H and O–H groups in total. The van der Waals surface area contributed by atoms with E-state index in [-0.39, 0.29) is 23.7 Å². The number of nitro benzene ring substituents is 1. The van der Waals surface area contributed by atoms with Gasteiger partial charge < -0.3 is 24.8 Å². The predicted molar refractivity (Wildman–Crippen MR) is 143 cm³/mol. The van der Waals surface area contributed by atoms with E-state index in [1.165, 1.54) is 12.1 Å². The largest absolute Gasteiger partial charge is 0.383 e. The Hall–Kier alpha value is -4.44. The average molecular weight is 516 g/mol. The van der Waals surface area contributed by atoms with Crippen molar-refractivity contribution in [1.82, 2.24) is 9.80 Å². The molecule has 0 aromatic heterocycles. The van der Waals surface area contributed by atoms with Crippen molar-refractivity contribution >= 4 is 28.9 Å². The normalized spacial score (nSPS) is 16.9. The van der Waals surface area contributed by atoms with Crippen LogP contribution in [0.5, 0.6) is 0 Å². The highest BCUT2D eigenvalue weighted by Gasteiger charge is 2.36. The van der Waals surface area contributed by atoms with Gasteiger partial charge in [0.25, 0.3) is 17.5 Å². The summed E-state index contributed by atoms with van der Waals surface area (Å²) >= 11 is 0. The van der Waals surface area contributed by atoms with E-state index >= 15 is 0 Å². The number of carbonyl (C=O) groups is 2. The number of ether oxygens (including phenoxy) is 1. The molecule has 10 nitrogen and oxygen atoms in total. The quantitative estimate of drug-likeness (QED) is 0.359. The first-order valence-electron chi connectivity index (χ1n) is 12.5. The second-order valence-corrected chi connectivity index (χ2v) is 9.26. The van der Waals surface area contributed by atoms with Crippen molar-refractivity contribution in [3.05, 3.63) is 99.6 Å². The molecule has 2 aliphatic rings. The highest BCUT2D eigenvalue weighted by atomic mass is 16.6. The number of hydrogen-bond donors (Lipinski definition) is 1. The van der Waals surface area contributed by atoms with Crippen molar-refractivity contribution < 1.29 is 19.2 Å². The van der Waals surface area contributed by atoms with Crippen LogP contribution in [-0.2, 0) is 4.74 Å². The number of piperazine rings is 1. The summed E-state index contributed by atoms with van der Waals surface area (Å²) in [6.45, 7) is 3.31. The fourth-order valence-electron chi connectivity index (χ4n) is 4.95. The zero-order chi connectivity index (χ0) is 26.6. The van der Waals surface area contributed by atoms with E-state index in [1.54, 1.807) is 36.3 Å². The Labute approximate surface area is 220 Å². The maximum Gasteiger partial charge on any atom is 0.269 e. The molecule has 0 radical (unpaired) electrons. The third kappa shape index (κ3) is 5.03. The molecule has 1 fully saturated rings. The standard InChI is InChI=1S/C28H29N5O5/c1-38-19-18-32-26(24-4-2-3-5-25(24)28(32)35)29-21-8-6-20(7-9-21)27(34)31-16-14-30(15-17-31)22-10-12-23(13-11-22)33(36)37/h2-13,26,29H,14-19H2,1H3. The number of nitro groups is 1. The molecule has 5 rings (SSSR count). The molecular weight excluding hydrogens is 486 g/mol. The number of carbonyl (C=O) groups excluding carboxylic acids is 2. The number of nitrogens with zero attached hydrogens (tertiary/aromatic N) is 4. The number of anilines is 2. The Kier molecular flexibility index (Phi) is 7.23. The van der Waals surface area contributed by atoms with E-state index in [2.05, 4.69) is 10.2 Å². The molecule has 10 heteroatoms. The topological polar surface area (TPSA) is 108 Å². The molecule has 1 unspecified atom stereocenters. The molecule has 0 bridgehead atoms. The van der Waals surface area contributed by atoms with Crippen molar-refractivity contribution in [1.29, 1.82) is 0 Å². The van der Waals surface area contributed by atoms with E-state index in [4.69, 9.17) is 4.74 Å². The van der Waals surface area contributed by atoms with E-state index in [9.17, 15) is 19.7 Å². The molecule has 3 aromatic carbocycles. The summed E-state index contributed by atoms with van der Waals surface area (Å²) in [5, 5.41) is 14.3. The maximum absolute atomic E-state index is 13.1. The Morgan fingerprint density at radius 2 is 1.68 bits per heavy atom. The summed E-state index contributed by atoms with van der Waals surface area (Å²) in [5.41, 5.74) is 3.97. The Balaban J connectivity index is 1.21. The van der Waals surface area contributed by atoms with Gasteiger partial charge in [0.05, 0.1) is 11.5 Å². The van der Waals surface area contributed by atoms with Crippen LogP contribution in [0.15, 0.2) is 72.8 Å². The summed E-state index contributed by atoms with van der Waals surface area (Å²) in [5.74, 6) is -0.0715. The number of methoxy groups -OCH3 is 1. The van der Waals surface area contributed by atoms with Crippen LogP contribution in [0.3, 0.4) is 0 Å². The van der Waals surface area contributed by atoms with Crippen LogP contribution < -0.4 is 10.2 Å². The van der Waals surface area contributed by atoms with Gasteiger partial charge in [0, 0.05) is 80.0 Å². The molecule has 196 valence electrons. The van der Waals surface area contributed by atoms with Crippen LogP contribution in [-0.4, -0.2) is 73.0 Å². The lowest BCUT2D eigenvalue weighted by atomic mass is 10.1. The molecule has 2 aliphatic heterocycles. The summed E-state index contributed by atoms with van der Waals surface area (Å²) < 4.78 is 5.20. The van der Waals surface area contributed by atoms with Gasteiger partial charge in [-0.05, 0) is 42.5 Å². The second kappa shape index (κ2) is 10.9. The fourth-order valence-corrected chi connectivity index (χ4v) is 4.95. The molecule has 0 spiro atoms. The summed E-state index contributed by atoms with van der Waals surface area (Å²) in [4.78, 5) is 42.2. The van der Waals surface area contributed by atoms with Crippen molar-refractivity contribution in [3.8, 4) is 0 Å². The van der Waals surface area contributed by atoms with Crippen LogP contribution in [0, 0.1) is 10.1 Å². The van der Waals surface area contributed by atoms with Crippen molar-refractivity contribution in [2.75, 3.05) is 56.7 Å². The summed E-state index contributed by atoms with van der Waals surface area (Å²) in [7, 11) is 1.61. The van der Waals surface area contributed by atoms with Gasteiger partial charge in [-0.25, -0.2) is 0 Å². The molecule has 1 saturated heterocycles. The highest BCUT2D eigenvalue weighted by Crippen LogP contribution is 2.34. The minimum atomic E-state index is -0.412. The zero-order valence-corrected chi connectivity index (χ0v) is 21.1. The lowest BCUT2D eigenvalue weighted by Crippen LogP contribution is -2.48. The Morgan fingerprint density at radius 3 is 2.34 bits per heavy atom. The second-order valence-electron chi connectivity index (χ2n) is 9.26. The van der Waals surface area contributed by atoms with Gasteiger partial charge in [-0.1, -0.05) is 18.2 Å². The van der Waals surface area contributed by atoms with Crippen LogP contribution >= 0.6 is 0 Å². The van der Waals surface area contributed by atoms with Gasteiger partial charge >= 0.3 is 0 Å². The number of rotatable bonds is 8. The SMILES string of the molecule is COCCN1C(=O)c2ccccc2C1Nc1ccc(C(=O)N2CCN(c3ccc([N+](=O)[O-])cc3)CC2)cc1. The first kappa shape index (κ1) is 25.2. The maximum atomic E-state index is 13.1. The van der Waals surface area contributed by atoms with Crippen molar-refractivity contribution in [2.45, 2.75) is 6.17 Å². The third-order valence-electron chi connectivity index (χ3n) is 7.02. The van der Waals surface area contributed by atoms with Gasteiger partial charge in [-0.3, -0.25) is 19.7 Å². The Bertz CT molecular complexity index is 1320. The van der Waals surface area contributed by atoms with Gasteiger partial charge in [0.1, 0.15) is 6.17 Å². The monoisotopic (exact) mass is 515 g/mol. The lowest BCUT2D eigenvalue weighted by molar-refractivity contribution is -0.384. The number of amides is 2. The molecule has 3 aromatic rings. The highest BCUT2D eigenvalue weighted by molar-refractivity contribution is 5.99. The molecular formula is C28H29N5O5. The molecule has 0 saturated carbocycles. The van der Waals surface area contributed by atoms with Crippen molar-refractivity contribution in [3.63, 3.8) is 0 Å². The molecule has 1 atom stereocenters. The fraction of sp³-hybridized carbons (Fsp3) is 0.286. The minimum absolute atomic E-state index is 0.0326. The summed E-state index contributed by atoms with van der Waals surface area (Å²) in [6, 6.07) is 21.4. The van der Waals surface area contributed by atoms with Gasteiger partial charge in [-0.2, -0.15) is 0 Å². The number of non-ortho nitro benzene ring substituents is 1. The summed E-state index contributed by atoms with van der Waals surface area (Å²) in [6.07, 6.45) is -0.317. The van der Waals surface area contributed by atoms with Gasteiger partial charge in [0.15, 0.2) is 0 Å². The third-order valence-corrected chi connectivity index (χ3v) is 7.02. The smallest absolute Gasteiger partial charge is 0.269 e. The zero-order valence-electron chi connectivity index (χ0n) is 21.1. The van der Waals surface area contributed by atoms with Gasteiger partial charge in [0.2, 0.25) is 0 Å². The average Bonchev–Trinajstić information content (AvgIpc) is 3.22. The molecule has 38 heavy (non-hydrogen) atoms. The van der Waals surface area contributed by atoms with Crippen LogP contribution in [0.1, 0.15) is 32.4 Å². The van der Waals surface area contributed by atoms with E-state index < -0.39 is 4.92 Å². The molecule has 0 aliphatic carbocycles. The number of fused-ring (bicyclic) bond motifs is 1. The minimum Gasteiger partial charge on any atom is -0.383 e. The van der Waals surface area contributed by atoms with E-state index in [1.807, 2.05) is 41.3 Å². The predicted octanol–water partition coefficient (Wildman–Crippen LogP) is 3.77. The van der Waals surface area contributed by atoms with Crippen LogP contribution in [0.25, 0.3) is 0 Å². The van der Waals surface area contributed by atoms with Crippen LogP contribution in [0.2, 0.25) is 0 Å². The number of nitrogens with one attached hydrogen (secondary N) is 1. The lowest BCUT2D eigenvalue weighted by Gasteiger charge is -2.36. The van der Waals surface area contributed by atoms with E-state index in [0.717, 1.165) is 16.9 Å².